The van der Waals surface area contributed by atoms with Gasteiger partial charge in [-0.05, 0) is 53.9 Å². The first kappa shape index (κ1) is 27.4. The van der Waals surface area contributed by atoms with Gasteiger partial charge in [-0.3, -0.25) is 9.59 Å². The highest BCUT2D eigenvalue weighted by Crippen LogP contribution is 2.31. The summed E-state index contributed by atoms with van der Waals surface area (Å²) in [4.78, 5) is 25.6. The molecule has 190 valence electrons. The van der Waals surface area contributed by atoms with Crippen LogP contribution in [0.1, 0.15) is 108 Å². The molecule has 0 bridgehead atoms. The predicted molar refractivity (Wildman–Crippen MR) is 148 cm³/mol. The molecule has 2 heteroatoms. The second-order valence-corrected chi connectivity index (χ2v) is 10.7. The molecule has 2 aromatic carbocycles. The largest absolute Gasteiger partial charge is 0.299 e. The number of hydrogen-bond donors (Lipinski definition) is 0. The van der Waals surface area contributed by atoms with E-state index in [9.17, 15) is 9.59 Å². The van der Waals surface area contributed by atoms with Gasteiger partial charge in [0, 0.05) is 12.8 Å². The SMILES string of the molecule is CCCCCCCC1CCC(C(=O)Cc2ccc(-c3ccc(CCCCCC)cc3)cc2)C(=O)C1. The molecule has 2 atom stereocenters. The van der Waals surface area contributed by atoms with Crippen molar-refractivity contribution in [3.05, 3.63) is 59.7 Å². The summed E-state index contributed by atoms with van der Waals surface area (Å²) in [6, 6.07) is 17.2. The van der Waals surface area contributed by atoms with E-state index in [4.69, 9.17) is 0 Å². The van der Waals surface area contributed by atoms with Crippen molar-refractivity contribution in [2.75, 3.05) is 0 Å². The van der Waals surface area contributed by atoms with Gasteiger partial charge in [0.25, 0.3) is 0 Å². The lowest BCUT2D eigenvalue weighted by Gasteiger charge is -2.26. The minimum Gasteiger partial charge on any atom is -0.299 e. The molecule has 1 fully saturated rings. The summed E-state index contributed by atoms with van der Waals surface area (Å²) < 4.78 is 0. The third-order valence-electron chi connectivity index (χ3n) is 7.79. The average Bonchev–Trinajstić information content (AvgIpc) is 2.87. The fourth-order valence-electron chi connectivity index (χ4n) is 5.47. The quantitative estimate of drug-likeness (QED) is 0.191. The average molecular weight is 475 g/mol. The number of unbranched alkanes of at least 4 members (excludes halogenated alkanes) is 7. The van der Waals surface area contributed by atoms with E-state index >= 15 is 0 Å². The molecule has 0 aliphatic heterocycles. The van der Waals surface area contributed by atoms with Gasteiger partial charge in [0.1, 0.15) is 11.6 Å². The third kappa shape index (κ3) is 9.06. The standard InChI is InChI=1S/C33H46O2/c1-3-5-7-9-11-13-27-18-23-31(32(34)24-27)33(35)25-28-16-21-30(22-17-28)29-19-14-26(15-20-29)12-10-8-6-4-2/h14-17,19-22,27,31H,3-13,18,23-25H2,1-2H3. The van der Waals surface area contributed by atoms with Gasteiger partial charge >= 0.3 is 0 Å². The Morgan fingerprint density at radius 3 is 1.89 bits per heavy atom. The Morgan fingerprint density at radius 1 is 0.714 bits per heavy atom. The second kappa shape index (κ2) is 15.0. The maximum absolute atomic E-state index is 12.9. The van der Waals surface area contributed by atoms with E-state index in [1.807, 2.05) is 0 Å². The maximum atomic E-state index is 12.9. The lowest BCUT2D eigenvalue weighted by Crippen LogP contribution is -2.32. The smallest absolute Gasteiger partial charge is 0.147 e. The van der Waals surface area contributed by atoms with Crippen LogP contribution in [0.2, 0.25) is 0 Å². The Hall–Kier alpha value is -2.22. The van der Waals surface area contributed by atoms with Crippen LogP contribution >= 0.6 is 0 Å². The summed E-state index contributed by atoms with van der Waals surface area (Å²) in [5.41, 5.74) is 4.80. The molecule has 0 saturated heterocycles. The van der Waals surface area contributed by atoms with Crippen molar-refractivity contribution in [3.63, 3.8) is 0 Å². The van der Waals surface area contributed by atoms with Crippen LogP contribution in [-0.4, -0.2) is 11.6 Å². The minimum absolute atomic E-state index is 0.108. The Kier molecular flexibility index (Phi) is 11.7. The molecular formula is C33H46O2. The summed E-state index contributed by atoms with van der Waals surface area (Å²) in [6.07, 6.45) is 16.6. The van der Waals surface area contributed by atoms with Crippen molar-refractivity contribution in [2.24, 2.45) is 11.8 Å². The first-order valence-corrected chi connectivity index (χ1v) is 14.3. The molecule has 1 aliphatic carbocycles. The van der Waals surface area contributed by atoms with Gasteiger partial charge in [-0.25, -0.2) is 0 Å². The van der Waals surface area contributed by atoms with E-state index in [1.54, 1.807) is 0 Å². The number of benzene rings is 2. The molecular weight excluding hydrogens is 428 g/mol. The van der Waals surface area contributed by atoms with Crippen molar-refractivity contribution >= 4 is 11.6 Å². The van der Waals surface area contributed by atoms with E-state index in [-0.39, 0.29) is 17.5 Å². The molecule has 35 heavy (non-hydrogen) atoms. The fraction of sp³-hybridized carbons (Fsp3) is 0.576. The lowest BCUT2D eigenvalue weighted by atomic mass is 9.76. The highest BCUT2D eigenvalue weighted by Gasteiger charge is 2.32. The van der Waals surface area contributed by atoms with Crippen molar-refractivity contribution < 1.29 is 9.59 Å². The zero-order valence-electron chi connectivity index (χ0n) is 22.2. The third-order valence-corrected chi connectivity index (χ3v) is 7.79. The number of Topliss-reactive ketones (excluding diaryl/α,β-unsaturated/α-hetero) is 2. The molecule has 3 rings (SSSR count). The summed E-state index contributed by atoms with van der Waals surface area (Å²) in [7, 11) is 0. The van der Waals surface area contributed by atoms with Crippen LogP contribution in [0.3, 0.4) is 0 Å². The summed E-state index contributed by atoms with van der Waals surface area (Å²) in [5, 5.41) is 0. The number of carbonyl (C=O) groups excluding carboxylic acids is 2. The highest BCUT2D eigenvalue weighted by molar-refractivity contribution is 6.03. The highest BCUT2D eigenvalue weighted by atomic mass is 16.1. The number of aryl methyl sites for hydroxylation is 1. The number of rotatable bonds is 15. The Labute approximate surface area is 213 Å². The van der Waals surface area contributed by atoms with E-state index in [0.29, 0.717) is 18.8 Å². The molecule has 0 N–H and O–H groups in total. The molecule has 2 aromatic rings. The fourth-order valence-corrected chi connectivity index (χ4v) is 5.47. The predicted octanol–water partition coefficient (Wildman–Crippen LogP) is 8.93. The molecule has 0 amide bonds. The molecule has 0 radical (unpaired) electrons. The van der Waals surface area contributed by atoms with Crippen molar-refractivity contribution in [1.29, 1.82) is 0 Å². The van der Waals surface area contributed by atoms with Crippen LogP contribution < -0.4 is 0 Å². The van der Waals surface area contributed by atoms with Crippen LogP contribution in [0.15, 0.2) is 48.5 Å². The summed E-state index contributed by atoms with van der Waals surface area (Å²) >= 11 is 0. The summed E-state index contributed by atoms with van der Waals surface area (Å²) in [5.74, 6) is 0.411. The Bertz CT molecular complexity index is 894. The van der Waals surface area contributed by atoms with Crippen LogP contribution in [0, 0.1) is 11.8 Å². The van der Waals surface area contributed by atoms with Gasteiger partial charge in [-0.1, -0.05) is 120 Å². The van der Waals surface area contributed by atoms with Crippen molar-refractivity contribution in [2.45, 2.75) is 110 Å². The number of carbonyl (C=O) groups is 2. The van der Waals surface area contributed by atoms with Crippen molar-refractivity contribution in [1.82, 2.24) is 0 Å². The minimum atomic E-state index is -0.379. The molecule has 1 aliphatic rings. The van der Waals surface area contributed by atoms with Crippen LogP contribution in [0.4, 0.5) is 0 Å². The monoisotopic (exact) mass is 474 g/mol. The van der Waals surface area contributed by atoms with E-state index in [1.165, 1.54) is 74.5 Å². The van der Waals surface area contributed by atoms with Gasteiger partial charge in [0.2, 0.25) is 0 Å². The van der Waals surface area contributed by atoms with Gasteiger partial charge in [-0.2, -0.15) is 0 Å². The van der Waals surface area contributed by atoms with E-state index < -0.39 is 0 Å². The van der Waals surface area contributed by atoms with Gasteiger partial charge in [0.15, 0.2) is 0 Å². The molecule has 2 nitrogen and oxygen atoms in total. The van der Waals surface area contributed by atoms with Gasteiger partial charge in [0.05, 0.1) is 5.92 Å². The van der Waals surface area contributed by atoms with E-state index in [2.05, 4.69) is 62.4 Å². The van der Waals surface area contributed by atoms with E-state index in [0.717, 1.165) is 31.2 Å². The lowest BCUT2D eigenvalue weighted by molar-refractivity contribution is -0.135. The number of hydrogen-bond acceptors (Lipinski definition) is 2. The van der Waals surface area contributed by atoms with Crippen molar-refractivity contribution in [3.8, 4) is 11.1 Å². The normalized spacial score (nSPS) is 18.1. The Morgan fingerprint density at radius 2 is 1.29 bits per heavy atom. The second-order valence-electron chi connectivity index (χ2n) is 10.7. The Balaban J connectivity index is 1.44. The molecule has 2 unspecified atom stereocenters. The topological polar surface area (TPSA) is 34.1 Å². The van der Waals surface area contributed by atoms with Crippen LogP contribution in [-0.2, 0) is 22.4 Å². The van der Waals surface area contributed by atoms with Gasteiger partial charge < -0.3 is 0 Å². The van der Waals surface area contributed by atoms with Crippen LogP contribution in [0.5, 0.6) is 0 Å². The maximum Gasteiger partial charge on any atom is 0.147 e. The van der Waals surface area contributed by atoms with Gasteiger partial charge in [-0.15, -0.1) is 0 Å². The zero-order chi connectivity index (χ0) is 24.9. The number of ketones is 2. The van der Waals surface area contributed by atoms with Crippen LogP contribution in [0.25, 0.3) is 11.1 Å². The molecule has 1 saturated carbocycles. The zero-order valence-corrected chi connectivity index (χ0v) is 22.2. The first-order chi connectivity index (χ1) is 17.1. The molecule has 0 heterocycles. The molecule has 0 spiro atoms. The molecule has 0 aromatic heterocycles. The summed E-state index contributed by atoms with van der Waals surface area (Å²) in [6.45, 7) is 4.48. The first-order valence-electron chi connectivity index (χ1n) is 14.3.